The zero-order valence-corrected chi connectivity index (χ0v) is 14.7. The Kier molecular flexibility index (Phi) is 6.24. The molecule has 0 unspecified atom stereocenters. The van der Waals surface area contributed by atoms with Crippen molar-refractivity contribution in [2.24, 2.45) is 0 Å². The summed E-state index contributed by atoms with van der Waals surface area (Å²) in [7, 11) is 1.56. The molecule has 4 nitrogen and oxygen atoms in total. The Bertz CT molecular complexity index is 707. The van der Waals surface area contributed by atoms with Gasteiger partial charge < -0.3 is 14.2 Å². The maximum absolute atomic E-state index is 10.8. The first-order valence-corrected chi connectivity index (χ1v) is 8.02. The molecule has 0 aliphatic carbocycles. The third-order valence-electron chi connectivity index (χ3n) is 3.99. The van der Waals surface area contributed by atoms with Gasteiger partial charge >= 0.3 is 0 Å². The lowest BCUT2D eigenvalue weighted by atomic mass is 10.1. The summed E-state index contributed by atoms with van der Waals surface area (Å²) in [5, 5.41) is 0. The molecule has 0 saturated heterocycles. The van der Waals surface area contributed by atoms with Crippen molar-refractivity contribution in [1.29, 1.82) is 0 Å². The Morgan fingerprint density at radius 2 is 1.62 bits per heavy atom. The summed E-state index contributed by atoms with van der Waals surface area (Å²) in [5.41, 5.74) is 4.12. The van der Waals surface area contributed by atoms with Crippen molar-refractivity contribution in [1.82, 2.24) is 0 Å². The summed E-state index contributed by atoms with van der Waals surface area (Å²) in [4.78, 5) is 10.8. The Morgan fingerprint density at radius 1 is 0.917 bits per heavy atom. The predicted molar refractivity (Wildman–Crippen MR) is 94.6 cm³/mol. The van der Waals surface area contributed by atoms with E-state index in [1.165, 1.54) is 11.1 Å². The minimum absolute atomic E-state index is 0.515. The summed E-state index contributed by atoms with van der Waals surface area (Å²) in [6.45, 7) is 7.31. The van der Waals surface area contributed by atoms with E-state index in [-0.39, 0.29) is 0 Å². The van der Waals surface area contributed by atoms with E-state index >= 15 is 0 Å². The molecule has 0 radical (unpaired) electrons. The van der Waals surface area contributed by atoms with Crippen LogP contribution in [0.2, 0.25) is 0 Å². The number of hydrogen-bond acceptors (Lipinski definition) is 4. The molecule has 0 spiro atoms. The number of aryl methyl sites for hydroxylation is 2. The lowest BCUT2D eigenvalue weighted by Gasteiger charge is -2.14. The maximum Gasteiger partial charge on any atom is 0.161 e. The normalized spacial score (nSPS) is 10.3. The quantitative estimate of drug-likeness (QED) is 0.536. The molecule has 0 N–H and O–H groups in total. The van der Waals surface area contributed by atoms with Crippen LogP contribution in [0.15, 0.2) is 30.3 Å². The molecule has 0 saturated carbocycles. The van der Waals surface area contributed by atoms with Crippen LogP contribution < -0.4 is 14.2 Å². The van der Waals surface area contributed by atoms with E-state index in [0.717, 1.165) is 24.0 Å². The molecule has 0 bridgehead atoms. The number of rotatable bonds is 8. The van der Waals surface area contributed by atoms with Crippen LogP contribution in [0.5, 0.6) is 17.2 Å². The minimum atomic E-state index is 0.515. The van der Waals surface area contributed by atoms with Gasteiger partial charge in [-0.15, -0.1) is 0 Å². The highest BCUT2D eigenvalue weighted by Gasteiger charge is 2.07. The Labute approximate surface area is 143 Å². The third kappa shape index (κ3) is 4.28. The molecule has 0 fully saturated rings. The van der Waals surface area contributed by atoms with Crippen molar-refractivity contribution >= 4 is 6.29 Å². The molecule has 2 rings (SSSR count). The van der Waals surface area contributed by atoms with Gasteiger partial charge in [0.25, 0.3) is 0 Å². The second kappa shape index (κ2) is 8.39. The molecular formula is C20H24O4. The number of aldehydes is 1. The second-order valence-electron chi connectivity index (χ2n) is 5.73. The van der Waals surface area contributed by atoms with Crippen LogP contribution in [0.1, 0.15) is 33.5 Å². The van der Waals surface area contributed by atoms with Crippen LogP contribution in [0.3, 0.4) is 0 Å². The molecule has 2 aromatic carbocycles. The zero-order chi connectivity index (χ0) is 17.5. The first kappa shape index (κ1) is 17.9. The van der Waals surface area contributed by atoms with E-state index < -0.39 is 0 Å². The summed E-state index contributed by atoms with van der Waals surface area (Å²) < 4.78 is 16.9. The third-order valence-corrected chi connectivity index (χ3v) is 3.99. The lowest BCUT2D eigenvalue weighted by Crippen LogP contribution is -2.07. The van der Waals surface area contributed by atoms with E-state index in [1.54, 1.807) is 25.3 Å². The molecule has 4 heteroatoms. The molecule has 0 atom stereocenters. The van der Waals surface area contributed by atoms with E-state index in [2.05, 4.69) is 32.9 Å². The van der Waals surface area contributed by atoms with Gasteiger partial charge in [0.2, 0.25) is 0 Å². The largest absolute Gasteiger partial charge is 0.493 e. The van der Waals surface area contributed by atoms with Gasteiger partial charge in [0.05, 0.1) is 20.3 Å². The van der Waals surface area contributed by atoms with Crippen LogP contribution >= 0.6 is 0 Å². The Morgan fingerprint density at radius 3 is 2.33 bits per heavy atom. The highest BCUT2D eigenvalue weighted by atomic mass is 16.5. The summed E-state index contributed by atoms with van der Waals surface area (Å²) >= 11 is 0. The van der Waals surface area contributed by atoms with Crippen LogP contribution in [0, 0.1) is 20.8 Å². The van der Waals surface area contributed by atoms with Crippen molar-refractivity contribution < 1.29 is 19.0 Å². The van der Waals surface area contributed by atoms with Crippen LogP contribution in [0.25, 0.3) is 0 Å². The van der Waals surface area contributed by atoms with Gasteiger partial charge in [0.1, 0.15) is 12.0 Å². The highest BCUT2D eigenvalue weighted by Crippen LogP contribution is 2.28. The molecule has 0 aliphatic heterocycles. The number of hydrogen-bond donors (Lipinski definition) is 0. The fourth-order valence-electron chi connectivity index (χ4n) is 2.44. The highest BCUT2D eigenvalue weighted by molar-refractivity contribution is 5.76. The van der Waals surface area contributed by atoms with Crippen LogP contribution in [-0.4, -0.2) is 26.6 Å². The van der Waals surface area contributed by atoms with Gasteiger partial charge in [-0.25, -0.2) is 0 Å². The van der Waals surface area contributed by atoms with Gasteiger partial charge in [0.15, 0.2) is 11.5 Å². The van der Waals surface area contributed by atoms with Gasteiger partial charge in [-0.2, -0.15) is 0 Å². The number of carbonyl (C=O) groups excluding carboxylic acids is 1. The molecule has 24 heavy (non-hydrogen) atoms. The first-order chi connectivity index (χ1) is 11.6. The molecular weight excluding hydrogens is 304 g/mol. The fraction of sp³-hybridized carbons (Fsp3) is 0.350. The van der Waals surface area contributed by atoms with Crippen molar-refractivity contribution in [2.45, 2.75) is 27.2 Å². The Hall–Kier alpha value is -2.49. The number of ether oxygens (including phenoxy) is 3. The lowest BCUT2D eigenvalue weighted by molar-refractivity contribution is 0.112. The standard InChI is InChI=1S/C20H24O4/c1-14-6-7-15(2)20(16(14)3)24-11-5-10-23-18-9-8-17(13-21)12-19(18)22-4/h6-9,12-13H,5,10-11H2,1-4H3. The van der Waals surface area contributed by atoms with Gasteiger partial charge in [-0.05, 0) is 55.7 Å². The molecule has 0 aliphatic rings. The van der Waals surface area contributed by atoms with Crippen molar-refractivity contribution in [3.63, 3.8) is 0 Å². The summed E-state index contributed by atoms with van der Waals surface area (Å²) in [6, 6.07) is 9.31. The molecule has 0 amide bonds. The number of benzene rings is 2. The summed E-state index contributed by atoms with van der Waals surface area (Å²) in [5.74, 6) is 2.15. The van der Waals surface area contributed by atoms with Crippen molar-refractivity contribution in [3.8, 4) is 17.2 Å². The van der Waals surface area contributed by atoms with E-state index in [1.807, 2.05) is 0 Å². The predicted octanol–water partition coefficient (Wildman–Crippen LogP) is 4.28. The number of methoxy groups -OCH3 is 1. The average molecular weight is 328 g/mol. The maximum atomic E-state index is 10.8. The Balaban J connectivity index is 1.86. The smallest absolute Gasteiger partial charge is 0.161 e. The van der Waals surface area contributed by atoms with Crippen molar-refractivity contribution in [3.05, 3.63) is 52.6 Å². The second-order valence-corrected chi connectivity index (χ2v) is 5.73. The number of carbonyl (C=O) groups is 1. The molecule has 0 heterocycles. The van der Waals surface area contributed by atoms with E-state index in [9.17, 15) is 4.79 Å². The topological polar surface area (TPSA) is 44.8 Å². The van der Waals surface area contributed by atoms with E-state index in [4.69, 9.17) is 14.2 Å². The zero-order valence-electron chi connectivity index (χ0n) is 14.7. The van der Waals surface area contributed by atoms with Crippen molar-refractivity contribution in [2.75, 3.05) is 20.3 Å². The minimum Gasteiger partial charge on any atom is -0.493 e. The molecule has 128 valence electrons. The monoisotopic (exact) mass is 328 g/mol. The fourth-order valence-corrected chi connectivity index (χ4v) is 2.44. The average Bonchev–Trinajstić information content (AvgIpc) is 2.60. The van der Waals surface area contributed by atoms with E-state index in [0.29, 0.717) is 30.3 Å². The van der Waals surface area contributed by atoms with Gasteiger partial charge in [0, 0.05) is 12.0 Å². The molecule has 0 aromatic heterocycles. The van der Waals surface area contributed by atoms with Crippen LogP contribution in [-0.2, 0) is 0 Å². The van der Waals surface area contributed by atoms with Crippen LogP contribution in [0.4, 0.5) is 0 Å². The molecule has 2 aromatic rings. The SMILES string of the molecule is COc1cc(C=O)ccc1OCCCOc1c(C)ccc(C)c1C. The van der Waals surface area contributed by atoms with Gasteiger partial charge in [-0.1, -0.05) is 12.1 Å². The summed E-state index contributed by atoms with van der Waals surface area (Å²) in [6.07, 6.45) is 1.54. The first-order valence-electron chi connectivity index (χ1n) is 8.02. The van der Waals surface area contributed by atoms with Gasteiger partial charge in [-0.3, -0.25) is 4.79 Å².